The molecule has 0 fully saturated rings. The smallest absolute Gasteiger partial charge is 0 e. The van der Waals surface area contributed by atoms with E-state index in [1.165, 1.54) is 0 Å². The SMILES string of the molecule is [CH-]=C=S.[V].[V].[V].[V].[V]. The van der Waals surface area contributed by atoms with Crippen LogP contribution in [0.4, 0.5) is 0 Å². The van der Waals surface area contributed by atoms with Gasteiger partial charge < -0.3 is 6.58 Å². The Balaban J connectivity index is -0.00000000200. The largest absolute Gasteiger partial charge is 0.453 e. The zero-order valence-electron chi connectivity index (χ0n) is 3.72. The van der Waals surface area contributed by atoms with Gasteiger partial charge in [0.25, 0.3) is 0 Å². The van der Waals surface area contributed by atoms with Crippen LogP contribution in [0.15, 0.2) is 0 Å². The summed E-state index contributed by atoms with van der Waals surface area (Å²) in [5.41, 5.74) is 0. The second kappa shape index (κ2) is 52.6. The van der Waals surface area contributed by atoms with Gasteiger partial charge in [-0.15, -0.1) is 0 Å². The third kappa shape index (κ3) is 68.5. The van der Waals surface area contributed by atoms with Crippen molar-refractivity contribution < 1.29 is 92.8 Å². The van der Waals surface area contributed by atoms with Gasteiger partial charge in [0.1, 0.15) is 0 Å². The van der Waals surface area contributed by atoms with Crippen LogP contribution >= 0.6 is 12.2 Å². The van der Waals surface area contributed by atoms with Gasteiger partial charge >= 0.3 is 0 Å². The maximum absolute atomic E-state index is 4.41. The van der Waals surface area contributed by atoms with E-state index in [2.05, 4.69) is 18.8 Å². The molecule has 0 aromatic carbocycles. The predicted molar refractivity (Wildman–Crippen MR) is 16.9 cm³/mol. The minimum atomic E-state index is 0. The first-order valence-electron chi connectivity index (χ1n) is 0.493. The molecule has 0 spiro atoms. The van der Waals surface area contributed by atoms with Crippen molar-refractivity contribution in [3.8, 4) is 0 Å². The van der Waals surface area contributed by atoms with Crippen LogP contribution in [0.3, 0.4) is 0 Å². The number of thiocarbonyl (C=S) groups is 1. The number of hydrogen-bond acceptors (Lipinski definition) is 1. The first-order valence-corrected chi connectivity index (χ1v) is 0.901. The Morgan fingerprint density at radius 1 is 0.875 bits per heavy atom. The van der Waals surface area contributed by atoms with Crippen LogP contribution < -0.4 is 0 Å². The summed E-state index contributed by atoms with van der Waals surface area (Å²) in [5.74, 6) is 0. The van der Waals surface area contributed by atoms with Crippen LogP contribution in [0.1, 0.15) is 0 Å². The average Bonchev–Trinajstić information content (AvgIpc) is 0.918. The van der Waals surface area contributed by atoms with Crippen LogP contribution in [0, 0.1) is 6.58 Å². The fourth-order valence-corrected chi connectivity index (χ4v) is 0. The van der Waals surface area contributed by atoms with Gasteiger partial charge in [0.2, 0.25) is 0 Å². The van der Waals surface area contributed by atoms with E-state index in [1.807, 2.05) is 5.02 Å². The van der Waals surface area contributed by atoms with Gasteiger partial charge in [-0.3, -0.25) is 5.02 Å². The molecule has 6 heteroatoms. The zero-order chi connectivity index (χ0) is 2.71. The second-order valence-electron chi connectivity index (χ2n) is 0.118. The molecule has 0 aliphatic rings. The summed E-state index contributed by atoms with van der Waals surface area (Å²) < 4.78 is 0. The molecule has 41 valence electrons. The minimum absolute atomic E-state index is 0. The first kappa shape index (κ1) is 45.1. The molecule has 0 nitrogen and oxygen atoms in total. The van der Waals surface area contributed by atoms with Gasteiger partial charge in [0.05, 0.1) is 0 Å². The van der Waals surface area contributed by atoms with E-state index in [-0.39, 0.29) is 92.8 Å². The van der Waals surface area contributed by atoms with Gasteiger partial charge in [-0.05, 0) is 0 Å². The van der Waals surface area contributed by atoms with Gasteiger partial charge in [0, 0.05) is 92.8 Å². The molecule has 0 N–H and O–H groups in total. The Kier molecular flexibility index (Phi) is 296. The third-order valence-corrected chi connectivity index (χ3v) is 0. The Hall–Kier alpha value is 2.79. The molecule has 0 saturated heterocycles. The summed E-state index contributed by atoms with van der Waals surface area (Å²) in [6, 6.07) is 0. The third-order valence-electron chi connectivity index (χ3n) is 0. The summed E-state index contributed by atoms with van der Waals surface area (Å²) >= 11 is 3.92. The average molecular weight is 312 g/mol. The summed E-state index contributed by atoms with van der Waals surface area (Å²) in [6.07, 6.45) is 0. The zero-order valence-corrected chi connectivity index (χ0v) is 11.5. The molecule has 0 unspecified atom stereocenters. The molecule has 5 radical (unpaired) electrons. The van der Waals surface area contributed by atoms with Crippen LogP contribution in [0.5, 0.6) is 0 Å². The topological polar surface area (TPSA) is 0 Å². The molecule has 0 saturated carbocycles. The van der Waals surface area contributed by atoms with Crippen molar-refractivity contribution in [2.24, 2.45) is 0 Å². The summed E-state index contributed by atoms with van der Waals surface area (Å²) in [6.45, 7) is 4.41. The van der Waals surface area contributed by atoms with Crippen molar-refractivity contribution in [2.75, 3.05) is 0 Å². The van der Waals surface area contributed by atoms with Crippen LogP contribution in [0.25, 0.3) is 0 Å². The molecular formula is C2HSV5-. The fourth-order valence-electron chi connectivity index (χ4n) is 0. The molecule has 0 heterocycles. The van der Waals surface area contributed by atoms with E-state index >= 15 is 0 Å². The van der Waals surface area contributed by atoms with Crippen LogP contribution in [-0.4, -0.2) is 5.02 Å². The van der Waals surface area contributed by atoms with E-state index in [1.54, 1.807) is 0 Å². The quantitative estimate of drug-likeness (QED) is 0.465. The minimum Gasteiger partial charge on any atom is -0.453 e. The summed E-state index contributed by atoms with van der Waals surface area (Å²) in [4.78, 5) is 0. The monoisotopic (exact) mass is 312 g/mol. The Bertz CT molecular complexity index is 31.4. The Labute approximate surface area is 115 Å². The molecule has 0 aliphatic heterocycles. The summed E-state index contributed by atoms with van der Waals surface area (Å²) in [7, 11) is 0. The van der Waals surface area contributed by atoms with Crippen molar-refractivity contribution >= 4 is 17.2 Å². The van der Waals surface area contributed by atoms with E-state index in [4.69, 9.17) is 0 Å². The maximum Gasteiger partial charge on any atom is 0 e. The molecule has 0 rings (SSSR count). The molecule has 0 atom stereocenters. The maximum atomic E-state index is 4.41. The Morgan fingerprint density at radius 2 is 0.875 bits per heavy atom. The molecule has 0 aromatic rings. The van der Waals surface area contributed by atoms with Gasteiger partial charge in [-0.25, -0.2) is 0 Å². The van der Waals surface area contributed by atoms with Crippen LogP contribution in [0.2, 0.25) is 0 Å². The molecular weight excluding hydrogens is 311 g/mol. The van der Waals surface area contributed by atoms with Crippen molar-refractivity contribution in [3.63, 3.8) is 0 Å². The predicted octanol–water partition coefficient (Wildman–Crippen LogP) is 0.562. The van der Waals surface area contributed by atoms with E-state index in [0.29, 0.717) is 0 Å². The van der Waals surface area contributed by atoms with Crippen LogP contribution in [-0.2, 0) is 92.8 Å². The van der Waals surface area contributed by atoms with Gasteiger partial charge in [0.15, 0.2) is 0 Å². The van der Waals surface area contributed by atoms with Crippen molar-refractivity contribution in [1.82, 2.24) is 0 Å². The number of hydrogen-bond donors (Lipinski definition) is 0. The normalized spacial score (nSPS) is 1.00. The molecule has 0 amide bonds. The van der Waals surface area contributed by atoms with Crippen molar-refractivity contribution in [2.45, 2.75) is 0 Å². The fraction of sp³-hybridized carbons (Fsp3) is 0. The van der Waals surface area contributed by atoms with Crippen molar-refractivity contribution in [1.29, 1.82) is 0 Å². The van der Waals surface area contributed by atoms with Gasteiger partial charge in [-0.2, -0.15) is 0 Å². The van der Waals surface area contributed by atoms with Gasteiger partial charge in [-0.1, -0.05) is 12.2 Å². The first-order chi connectivity index (χ1) is 1.41. The van der Waals surface area contributed by atoms with Crippen molar-refractivity contribution in [3.05, 3.63) is 6.58 Å². The van der Waals surface area contributed by atoms with E-state index in [9.17, 15) is 0 Å². The molecule has 0 aromatic heterocycles. The van der Waals surface area contributed by atoms with E-state index in [0.717, 1.165) is 0 Å². The standard InChI is InChI=1S/C2HS.5V/c1-2-3;;;;;/h1H;;;;;/q-1;;;;;. The Morgan fingerprint density at radius 3 is 0.875 bits per heavy atom. The molecule has 0 bridgehead atoms. The molecule has 0 aliphatic carbocycles. The number of rotatable bonds is 0. The van der Waals surface area contributed by atoms with E-state index < -0.39 is 0 Å². The molecule has 8 heavy (non-hydrogen) atoms. The summed E-state index contributed by atoms with van der Waals surface area (Å²) in [5, 5.41) is 1.83. The second-order valence-corrected chi connectivity index (χ2v) is 0.354.